The summed E-state index contributed by atoms with van der Waals surface area (Å²) >= 11 is 0. The summed E-state index contributed by atoms with van der Waals surface area (Å²) in [7, 11) is 0. The SMILES string of the molecule is Cl.Nc1ccc(O)c(C=CC(=O)Nc2ccc(N)c(OCCO)c2)c1. The van der Waals surface area contributed by atoms with Gasteiger partial charge in [0, 0.05) is 29.1 Å². The van der Waals surface area contributed by atoms with Gasteiger partial charge in [0.2, 0.25) is 5.91 Å². The largest absolute Gasteiger partial charge is 0.507 e. The van der Waals surface area contributed by atoms with Gasteiger partial charge in [0.15, 0.2) is 0 Å². The van der Waals surface area contributed by atoms with E-state index < -0.39 is 5.91 Å². The zero-order valence-corrected chi connectivity index (χ0v) is 14.1. The van der Waals surface area contributed by atoms with Crippen molar-refractivity contribution in [3.8, 4) is 11.5 Å². The van der Waals surface area contributed by atoms with Crippen LogP contribution in [0.2, 0.25) is 0 Å². The number of nitrogens with two attached hydrogens (primary N) is 2. The summed E-state index contributed by atoms with van der Waals surface area (Å²) in [4.78, 5) is 12.0. The van der Waals surface area contributed by atoms with E-state index in [4.69, 9.17) is 21.3 Å². The fourth-order valence-electron chi connectivity index (χ4n) is 1.95. The van der Waals surface area contributed by atoms with Crippen LogP contribution in [-0.4, -0.2) is 29.3 Å². The number of nitrogen functional groups attached to an aromatic ring is 2. The minimum atomic E-state index is -0.394. The second-order valence-corrected chi connectivity index (χ2v) is 4.97. The van der Waals surface area contributed by atoms with E-state index in [2.05, 4.69) is 5.32 Å². The van der Waals surface area contributed by atoms with Gasteiger partial charge in [0.05, 0.1) is 12.3 Å². The number of halogens is 1. The highest BCUT2D eigenvalue weighted by atomic mass is 35.5. The molecule has 134 valence electrons. The van der Waals surface area contributed by atoms with Crippen molar-refractivity contribution in [2.75, 3.05) is 30.0 Å². The summed E-state index contributed by atoms with van der Waals surface area (Å²) in [5.74, 6) is 0.00874. The Kier molecular flexibility index (Phi) is 7.58. The first-order valence-electron chi connectivity index (χ1n) is 7.20. The van der Waals surface area contributed by atoms with Crippen molar-refractivity contribution in [2.45, 2.75) is 0 Å². The molecular weight excluding hydrogens is 346 g/mol. The number of phenols is 1. The highest BCUT2D eigenvalue weighted by Crippen LogP contribution is 2.25. The van der Waals surface area contributed by atoms with Gasteiger partial charge >= 0.3 is 0 Å². The topological polar surface area (TPSA) is 131 Å². The van der Waals surface area contributed by atoms with Crippen molar-refractivity contribution < 1.29 is 19.7 Å². The van der Waals surface area contributed by atoms with E-state index in [1.54, 1.807) is 30.3 Å². The normalized spacial score (nSPS) is 10.3. The molecule has 8 heteroatoms. The van der Waals surface area contributed by atoms with E-state index in [0.29, 0.717) is 28.4 Å². The van der Waals surface area contributed by atoms with Crippen LogP contribution in [0.5, 0.6) is 11.5 Å². The molecule has 1 amide bonds. The maximum absolute atomic E-state index is 12.0. The van der Waals surface area contributed by atoms with Gasteiger partial charge in [0.25, 0.3) is 0 Å². The lowest BCUT2D eigenvalue weighted by molar-refractivity contribution is -0.111. The van der Waals surface area contributed by atoms with Crippen molar-refractivity contribution in [3.63, 3.8) is 0 Å². The number of phenolic OH excluding ortho intramolecular Hbond substituents is 1. The average molecular weight is 366 g/mol. The van der Waals surface area contributed by atoms with Crippen LogP contribution in [0.1, 0.15) is 5.56 Å². The van der Waals surface area contributed by atoms with Gasteiger partial charge < -0.3 is 31.7 Å². The molecule has 0 spiro atoms. The summed E-state index contributed by atoms with van der Waals surface area (Å²) in [6.45, 7) is -0.0291. The summed E-state index contributed by atoms with van der Waals surface area (Å²) in [6.07, 6.45) is 2.74. The molecule has 0 aliphatic heterocycles. The van der Waals surface area contributed by atoms with Gasteiger partial charge in [-0.05, 0) is 36.4 Å². The molecule has 2 rings (SSSR count). The number of nitrogens with one attached hydrogen (secondary N) is 1. The second kappa shape index (κ2) is 9.41. The van der Waals surface area contributed by atoms with Crippen LogP contribution in [0.3, 0.4) is 0 Å². The fourth-order valence-corrected chi connectivity index (χ4v) is 1.95. The lowest BCUT2D eigenvalue weighted by Gasteiger charge is -2.10. The van der Waals surface area contributed by atoms with Gasteiger partial charge in [-0.15, -0.1) is 12.4 Å². The predicted octanol–water partition coefficient (Wildman–Crippen LogP) is 2.00. The number of hydrogen-bond acceptors (Lipinski definition) is 6. The zero-order valence-electron chi connectivity index (χ0n) is 13.3. The second-order valence-electron chi connectivity index (χ2n) is 4.97. The Bertz CT molecular complexity index is 766. The van der Waals surface area contributed by atoms with Crippen LogP contribution in [0, 0.1) is 0 Å². The number of ether oxygens (including phenoxy) is 1. The van der Waals surface area contributed by atoms with Gasteiger partial charge in [-0.1, -0.05) is 0 Å². The monoisotopic (exact) mass is 365 g/mol. The average Bonchev–Trinajstić information content (AvgIpc) is 2.56. The summed E-state index contributed by atoms with van der Waals surface area (Å²) < 4.78 is 5.28. The smallest absolute Gasteiger partial charge is 0.248 e. The first-order chi connectivity index (χ1) is 11.5. The molecule has 7 nitrogen and oxygen atoms in total. The Morgan fingerprint density at radius 1 is 1.20 bits per heavy atom. The van der Waals surface area contributed by atoms with Crippen LogP contribution in [0.4, 0.5) is 17.1 Å². The number of benzene rings is 2. The molecular formula is C17H20ClN3O4. The van der Waals surface area contributed by atoms with E-state index in [-0.39, 0.29) is 31.4 Å². The number of aromatic hydroxyl groups is 1. The van der Waals surface area contributed by atoms with Gasteiger partial charge in [-0.3, -0.25) is 4.79 Å². The quantitative estimate of drug-likeness (QED) is 0.302. The lowest BCUT2D eigenvalue weighted by Crippen LogP contribution is -2.09. The van der Waals surface area contributed by atoms with Crippen LogP contribution in [0.15, 0.2) is 42.5 Å². The molecule has 0 atom stereocenters. The summed E-state index contributed by atoms with van der Waals surface area (Å²) in [5, 5.41) is 21.1. The number of aliphatic hydroxyl groups excluding tert-OH is 1. The van der Waals surface area contributed by atoms with Gasteiger partial charge in [-0.25, -0.2) is 0 Å². The molecule has 25 heavy (non-hydrogen) atoms. The predicted molar refractivity (Wildman–Crippen MR) is 101 cm³/mol. The molecule has 2 aromatic rings. The highest BCUT2D eigenvalue weighted by molar-refractivity contribution is 6.02. The maximum atomic E-state index is 12.0. The standard InChI is InChI=1S/C17H19N3O4.ClH/c18-12-2-5-15(22)11(9-12)1-6-17(23)20-13-3-4-14(19)16(10-13)24-8-7-21;/h1-6,9-10,21-22H,7-8,18-19H2,(H,20,23);1H. The number of carbonyl (C=O) groups is 1. The van der Waals surface area contributed by atoms with E-state index in [1.807, 2.05) is 0 Å². The molecule has 0 aliphatic carbocycles. The minimum Gasteiger partial charge on any atom is -0.507 e. The molecule has 7 N–H and O–H groups in total. The summed E-state index contributed by atoms with van der Waals surface area (Å²) in [6, 6.07) is 9.37. The van der Waals surface area contributed by atoms with Crippen molar-refractivity contribution in [1.82, 2.24) is 0 Å². The molecule has 0 fully saturated rings. The van der Waals surface area contributed by atoms with E-state index in [9.17, 15) is 9.90 Å². The fraction of sp³-hybridized carbons (Fsp3) is 0.118. The molecule has 0 unspecified atom stereocenters. The number of carbonyl (C=O) groups excluding carboxylic acids is 1. The Labute approximate surface area is 151 Å². The van der Waals surface area contributed by atoms with Gasteiger partial charge in [0.1, 0.15) is 18.1 Å². The number of rotatable bonds is 6. The van der Waals surface area contributed by atoms with Crippen molar-refractivity contribution in [2.24, 2.45) is 0 Å². The Hall–Kier alpha value is -2.90. The van der Waals surface area contributed by atoms with Crippen molar-refractivity contribution >= 4 is 41.5 Å². The molecule has 0 radical (unpaired) electrons. The Balaban J connectivity index is 0.00000312. The molecule has 0 heterocycles. The molecule has 0 saturated heterocycles. The Morgan fingerprint density at radius 2 is 1.96 bits per heavy atom. The van der Waals surface area contributed by atoms with Crippen LogP contribution in [0.25, 0.3) is 6.08 Å². The molecule has 0 aromatic heterocycles. The molecule has 2 aromatic carbocycles. The number of anilines is 3. The number of amides is 1. The first kappa shape index (κ1) is 20.1. The lowest BCUT2D eigenvalue weighted by atomic mass is 10.1. The van der Waals surface area contributed by atoms with E-state index >= 15 is 0 Å². The molecule has 0 saturated carbocycles. The molecule has 0 aliphatic rings. The third-order valence-electron chi connectivity index (χ3n) is 3.10. The third kappa shape index (κ3) is 5.91. The van der Waals surface area contributed by atoms with Crippen molar-refractivity contribution in [3.05, 3.63) is 48.0 Å². The Morgan fingerprint density at radius 3 is 2.68 bits per heavy atom. The first-order valence-corrected chi connectivity index (χ1v) is 7.20. The third-order valence-corrected chi connectivity index (χ3v) is 3.10. The van der Waals surface area contributed by atoms with E-state index in [1.165, 1.54) is 18.2 Å². The highest BCUT2D eigenvalue weighted by Gasteiger charge is 2.05. The zero-order chi connectivity index (χ0) is 17.5. The molecule has 0 bridgehead atoms. The van der Waals surface area contributed by atoms with Crippen LogP contribution < -0.4 is 21.5 Å². The van der Waals surface area contributed by atoms with Crippen LogP contribution in [-0.2, 0) is 4.79 Å². The van der Waals surface area contributed by atoms with E-state index in [0.717, 1.165) is 0 Å². The van der Waals surface area contributed by atoms with Gasteiger partial charge in [-0.2, -0.15) is 0 Å². The maximum Gasteiger partial charge on any atom is 0.248 e. The number of aliphatic hydroxyl groups is 1. The van der Waals surface area contributed by atoms with Crippen molar-refractivity contribution in [1.29, 1.82) is 0 Å². The van der Waals surface area contributed by atoms with Crippen LogP contribution >= 0.6 is 12.4 Å². The summed E-state index contributed by atoms with van der Waals surface area (Å²) in [5.41, 5.74) is 13.2. The number of hydrogen-bond donors (Lipinski definition) is 5. The minimum absolute atomic E-state index is 0.